The van der Waals surface area contributed by atoms with Gasteiger partial charge in [-0.25, -0.2) is 4.98 Å². The van der Waals surface area contributed by atoms with E-state index in [4.69, 9.17) is 10.00 Å². The summed E-state index contributed by atoms with van der Waals surface area (Å²) in [5, 5.41) is 11.9. The molecule has 102 valence electrons. The minimum absolute atomic E-state index is 0.196. The molecule has 2 rings (SSSR count). The Balaban J connectivity index is 2.09. The summed E-state index contributed by atoms with van der Waals surface area (Å²) in [6.07, 6.45) is 2.81. The number of anilines is 2. The number of nitrogens with one attached hydrogen (secondary N) is 1. The molecule has 20 heavy (non-hydrogen) atoms. The average Bonchev–Trinajstić information content (AvgIpc) is 2.48. The van der Waals surface area contributed by atoms with Crippen LogP contribution in [0.25, 0.3) is 0 Å². The van der Waals surface area contributed by atoms with Gasteiger partial charge in [0.25, 0.3) is 0 Å². The second-order valence-corrected chi connectivity index (χ2v) is 4.53. The lowest BCUT2D eigenvalue weighted by atomic mass is 10.2. The normalized spacial score (nSPS) is 11.4. The molecule has 0 amide bonds. The van der Waals surface area contributed by atoms with E-state index in [0.717, 1.165) is 23.5 Å². The Hall–Kier alpha value is -2.54. The molecular formula is C16H17N3O. The van der Waals surface area contributed by atoms with E-state index in [2.05, 4.69) is 17.2 Å². The summed E-state index contributed by atoms with van der Waals surface area (Å²) in [7, 11) is 0. The van der Waals surface area contributed by atoms with Crippen LogP contribution in [0.1, 0.15) is 26.0 Å². The summed E-state index contributed by atoms with van der Waals surface area (Å²) in [6.45, 7) is 4.14. The van der Waals surface area contributed by atoms with Gasteiger partial charge in [-0.1, -0.05) is 13.0 Å². The Morgan fingerprint density at radius 1 is 1.30 bits per heavy atom. The fourth-order valence-electron chi connectivity index (χ4n) is 1.66. The summed E-state index contributed by atoms with van der Waals surface area (Å²) >= 11 is 0. The molecule has 4 nitrogen and oxygen atoms in total. The monoisotopic (exact) mass is 267 g/mol. The minimum Gasteiger partial charge on any atom is -0.491 e. The van der Waals surface area contributed by atoms with Crippen LogP contribution in [0.5, 0.6) is 5.75 Å². The van der Waals surface area contributed by atoms with Crippen LogP contribution in [0.2, 0.25) is 0 Å². The molecule has 0 aliphatic carbocycles. The fraction of sp³-hybridized carbons (Fsp3) is 0.250. The number of hydrogen-bond donors (Lipinski definition) is 1. The molecule has 1 aromatic heterocycles. The molecule has 1 aromatic carbocycles. The lowest BCUT2D eigenvalue weighted by molar-refractivity contribution is 0.217. The van der Waals surface area contributed by atoms with Crippen molar-refractivity contribution in [2.24, 2.45) is 0 Å². The molecule has 0 saturated heterocycles. The molecule has 0 bridgehead atoms. The van der Waals surface area contributed by atoms with Gasteiger partial charge in [0.15, 0.2) is 0 Å². The first kappa shape index (κ1) is 13.9. The van der Waals surface area contributed by atoms with E-state index >= 15 is 0 Å². The number of benzene rings is 1. The van der Waals surface area contributed by atoms with E-state index in [1.807, 2.05) is 43.3 Å². The lowest BCUT2D eigenvalue weighted by Crippen LogP contribution is -2.09. The first-order valence-corrected chi connectivity index (χ1v) is 6.61. The van der Waals surface area contributed by atoms with E-state index < -0.39 is 0 Å². The van der Waals surface area contributed by atoms with E-state index in [-0.39, 0.29) is 6.10 Å². The third-order valence-electron chi connectivity index (χ3n) is 2.91. The van der Waals surface area contributed by atoms with Crippen LogP contribution in [0.15, 0.2) is 42.6 Å². The van der Waals surface area contributed by atoms with Gasteiger partial charge in [0.05, 0.1) is 18.0 Å². The van der Waals surface area contributed by atoms with Gasteiger partial charge in [0.2, 0.25) is 0 Å². The van der Waals surface area contributed by atoms with Crippen molar-refractivity contribution in [2.45, 2.75) is 26.4 Å². The van der Waals surface area contributed by atoms with Crippen molar-refractivity contribution in [3.05, 3.63) is 48.3 Å². The van der Waals surface area contributed by atoms with Crippen LogP contribution < -0.4 is 10.1 Å². The second-order valence-electron chi connectivity index (χ2n) is 4.53. The first-order valence-electron chi connectivity index (χ1n) is 6.61. The average molecular weight is 267 g/mol. The molecule has 0 radical (unpaired) electrons. The van der Waals surface area contributed by atoms with Crippen LogP contribution in [0, 0.1) is 11.3 Å². The molecule has 0 fully saturated rings. The largest absolute Gasteiger partial charge is 0.491 e. The highest BCUT2D eigenvalue weighted by Crippen LogP contribution is 2.22. The van der Waals surface area contributed by atoms with Crippen LogP contribution in [0.3, 0.4) is 0 Å². The van der Waals surface area contributed by atoms with E-state index in [1.165, 1.54) is 0 Å². The number of nitriles is 1. The molecule has 0 spiro atoms. The van der Waals surface area contributed by atoms with Crippen molar-refractivity contribution in [2.75, 3.05) is 5.32 Å². The quantitative estimate of drug-likeness (QED) is 0.893. The molecule has 4 heteroatoms. The van der Waals surface area contributed by atoms with Gasteiger partial charge in [-0.05, 0) is 37.6 Å². The van der Waals surface area contributed by atoms with Gasteiger partial charge in [-0.15, -0.1) is 0 Å². The minimum atomic E-state index is 0.196. The summed E-state index contributed by atoms with van der Waals surface area (Å²) in [5.41, 5.74) is 2.17. The maximum atomic E-state index is 8.71. The SMILES string of the molecule is CCC(C)Oc1cccc(Nc2ccc(C#N)nc2)c1. The molecule has 2 aromatic rings. The second kappa shape index (κ2) is 6.58. The summed E-state index contributed by atoms with van der Waals surface area (Å²) in [6, 6.07) is 13.3. The van der Waals surface area contributed by atoms with Gasteiger partial charge in [0, 0.05) is 11.8 Å². The van der Waals surface area contributed by atoms with E-state index in [9.17, 15) is 0 Å². The van der Waals surface area contributed by atoms with Gasteiger partial charge in [-0.3, -0.25) is 0 Å². The standard InChI is InChI=1S/C16H17N3O/c1-3-12(2)20-16-6-4-5-13(9-16)19-15-8-7-14(10-17)18-11-15/h4-9,11-12,19H,3H2,1-2H3. The van der Waals surface area contributed by atoms with Crippen molar-refractivity contribution >= 4 is 11.4 Å². The van der Waals surface area contributed by atoms with Gasteiger partial charge in [-0.2, -0.15) is 5.26 Å². The van der Waals surface area contributed by atoms with Crippen LogP contribution >= 0.6 is 0 Å². The van der Waals surface area contributed by atoms with Crippen molar-refractivity contribution in [3.63, 3.8) is 0 Å². The first-order chi connectivity index (χ1) is 9.71. The maximum absolute atomic E-state index is 8.71. The molecule has 0 aliphatic rings. The highest BCUT2D eigenvalue weighted by Gasteiger charge is 2.02. The van der Waals surface area contributed by atoms with Crippen molar-refractivity contribution in [1.29, 1.82) is 5.26 Å². The summed E-state index contributed by atoms with van der Waals surface area (Å²) < 4.78 is 5.78. The maximum Gasteiger partial charge on any atom is 0.140 e. The number of hydrogen-bond acceptors (Lipinski definition) is 4. The third kappa shape index (κ3) is 3.72. The fourth-order valence-corrected chi connectivity index (χ4v) is 1.66. The number of pyridine rings is 1. The Morgan fingerprint density at radius 2 is 2.15 bits per heavy atom. The zero-order valence-electron chi connectivity index (χ0n) is 11.6. The molecule has 1 heterocycles. The van der Waals surface area contributed by atoms with Crippen molar-refractivity contribution in [3.8, 4) is 11.8 Å². The summed E-state index contributed by atoms with van der Waals surface area (Å²) in [5.74, 6) is 0.839. The van der Waals surface area contributed by atoms with Gasteiger partial charge >= 0.3 is 0 Å². The topological polar surface area (TPSA) is 57.9 Å². The van der Waals surface area contributed by atoms with Crippen LogP contribution in [-0.2, 0) is 0 Å². The predicted octanol–water partition coefficient (Wildman–Crippen LogP) is 3.87. The Kier molecular flexibility index (Phi) is 4.56. The molecule has 0 saturated carbocycles. The van der Waals surface area contributed by atoms with E-state index in [1.54, 1.807) is 12.3 Å². The molecule has 0 aliphatic heterocycles. The zero-order valence-corrected chi connectivity index (χ0v) is 11.6. The smallest absolute Gasteiger partial charge is 0.140 e. The number of ether oxygens (including phenoxy) is 1. The third-order valence-corrected chi connectivity index (χ3v) is 2.91. The van der Waals surface area contributed by atoms with Crippen molar-refractivity contribution in [1.82, 2.24) is 4.98 Å². The van der Waals surface area contributed by atoms with Gasteiger partial charge < -0.3 is 10.1 Å². The number of aromatic nitrogens is 1. The molecular weight excluding hydrogens is 250 g/mol. The Morgan fingerprint density at radius 3 is 2.80 bits per heavy atom. The highest BCUT2D eigenvalue weighted by atomic mass is 16.5. The zero-order chi connectivity index (χ0) is 14.4. The molecule has 1 N–H and O–H groups in total. The molecule has 1 unspecified atom stereocenters. The number of rotatable bonds is 5. The van der Waals surface area contributed by atoms with Gasteiger partial charge in [0.1, 0.15) is 17.5 Å². The molecule has 1 atom stereocenters. The summed E-state index contributed by atoms with van der Waals surface area (Å²) in [4.78, 5) is 4.02. The lowest BCUT2D eigenvalue weighted by Gasteiger charge is -2.14. The highest BCUT2D eigenvalue weighted by molar-refractivity contribution is 5.60. The van der Waals surface area contributed by atoms with E-state index in [0.29, 0.717) is 5.69 Å². The van der Waals surface area contributed by atoms with Crippen LogP contribution in [-0.4, -0.2) is 11.1 Å². The predicted molar refractivity (Wildman–Crippen MR) is 79.1 cm³/mol. The van der Waals surface area contributed by atoms with Crippen LogP contribution in [0.4, 0.5) is 11.4 Å². The Bertz CT molecular complexity index is 602. The number of nitrogens with zero attached hydrogens (tertiary/aromatic N) is 2. The Labute approximate surface area is 119 Å². The van der Waals surface area contributed by atoms with Crippen molar-refractivity contribution < 1.29 is 4.74 Å².